The van der Waals surface area contributed by atoms with Crippen LogP contribution in [0.15, 0.2) is 18.7 Å². The van der Waals surface area contributed by atoms with Gasteiger partial charge in [-0.05, 0) is 11.8 Å². The van der Waals surface area contributed by atoms with E-state index in [9.17, 15) is 4.79 Å². The van der Waals surface area contributed by atoms with Crippen molar-refractivity contribution >= 4 is 5.91 Å². The lowest BCUT2D eigenvalue weighted by Gasteiger charge is -2.34. The molecule has 112 valence electrons. The van der Waals surface area contributed by atoms with Crippen LogP contribution in [0.1, 0.15) is 27.2 Å². The summed E-state index contributed by atoms with van der Waals surface area (Å²) in [6, 6.07) is -0.0229. The molecule has 2 heterocycles. The summed E-state index contributed by atoms with van der Waals surface area (Å²) >= 11 is 0. The van der Waals surface area contributed by atoms with Crippen LogP contribution in [-0.4, -0.2) is 40.3 Å². The molecule has 0 aromatic carbocycles. The smallest absolute Gasteiger partial charge is 0.242 e. The fourth-order valence-electron chi connectivity index (χ4n) is 2.20. The van der Waals surface area contributed by atoms with Gasteiger partial charge in [0.05, 0.1) is 19.0 Å². The van der Waals surface area contributed by atoms with Gasteiger partial charge in [0, 0.05) is 25.5 Å². The van der Waals surface area contributed by atoms with Crippen LogP contribution < -0.4 is 11.1 Å². The number of imidazole rings is 1. The molecule has 6 heteroatoms. The first kappa shape index (κ1) is 15.0. The average molecular weight is 280 g/mol. The Labute approximate surface area is 119 Å². The molecule has 0 saturated carbocycles. The second-order valence-corrected chi connectivity index (χ2v) is 6.61. The van der Waals surface area contributed by atoms with Gasteiger partial charge in [0.15, 0.2) is 0 Å². The highest BCUT2D eigenvalue weighted by Crippen LogP contribution is 2.23. The van der Waals surface area contributed by atoms with Crippen molar-refractivity contribution in [2.45, 2.75) is 45.3 Å². The second kappa shape index (κ2) is 5.54. The molecule has 2 atom stereocenters. The van der Waals surface area contributed by atoms with Crippen molar-refractivity contribution in [3.63, 3.8) is 0 Å². The molecule has 1 aromatic rings. The number of ether oxygens (including phenoxy) is 1. The van der Waals surface area contributed by atoms with E-state index in [1.807, 2.05) is 10.8 Å². The SMILES string of the molecule is CC(C)(C)C(Cn1ccnc1)NC(=O)C1(N)CCOC1. The first-order chi connectivity index (χ1) is 9.31. The zero-order valence-electron chi connectivity index (χ0n) is 12.4. The predicted molar refractivity (Wildman–Crippen MR) is 76.0 cm³/mol. The standard InChI is InChI=1S/C14H24N4O2/c1-13(2,3)11(8-18-6-5-16-10-18)17-12(19)14(15)4-7-20-9-14/h5-6,10-11H,4,7-9,15H2,1-3H3,(H,17,19). The maximum Gasteiger partial charge on any atom is 0.242 e. The molecule has 2 rings (SSSR count). The molecule has 1 amide bonds. The van der Waals surface area contributed by atoms with Crippen LogP contribution in [0.4, 0.5) is 0 Å². The second-order valence-electron chi connectivity index (χ2n) is 6.61. The largest absolute Gasteiger partial charge is 0.379 e. The highest BCUT2D eigenvalue weighted by Gasteiger charge is 2.40. The summed E-state index contributed by atoms with van der Waals surface area (Å²) in [5.74, 6) is -0.130. The van der Waals surface area contributed by atoms with Gasteiger partial charge in [-0.3, -0.25) is 4.79 Å². The molecule has 20 heavy (non-hydrogen) atoms. The molecule has 0 spiro atoms. The van der Waals surface area contributed by atoms with Gasteiger partial charge < -0.3 is 20.4 Å². The van der Waals surface area contributed by atoms with Crippen LogP contribution in [0.5, 0.6) is 0 Å². The van der Waals surface area contributed by atoms with Crippen LogP contribution >= 0.6 is 0 Å². The summed E-state index contributed by atoms with van der Waals surface area (Å²) < 4.78 is 7.22. The van der Waals surface area contributed by atoms with Gasteiger partial charge in [-0.2, -0.15) is 0 Å². The molecule has 1 saturated heterocycles. The molecule has 3 N–H and O–H groups in total. The Bertz CT molecular complexity index is 444. The zero-order valence-corrected chi connectivity index (χ0v) is 12.4. The van der Waals surface area contributed by atoms with Gasteiger partial charge in [-0.15, -0.1) is 0 Å². The Morgan fingerprint density at radius 1 is 1.60 bits per heavy atom. The molecule has 1 fully saturated rings. The van der Waals surface area contributed by atoms with Crippen LogP contribution in [-0.2, 0) is 16.1 Å². The number of hydrogen-bond donors (Lipinski definition) is 2. The van der Waals surface area contributed by atoms with E-state index < -0.39 is 5.54 Å². The number of hydrogen-bond acceptors (Lipinski definition) is 4. The Kier molecular flexibility index (Phi) is 4.15. The van der Waals surface area contributed by atoms with Gasteiger partial charge in [-0.1, -0.05) is 20.8 Å². The number of amides is 1. The van der Waals surface area contributed by atoms with Crippen LogP contribution in [0.3, 0.4) is 0 Å². The minimum atomic E-state index is -0.890. The number of carbonyl (C=O) groups is 1. The maximum absolute atomic E-state index is 12.4. The average Bonchev–Trinajstić information content (AvgIpc) is 2.99. The lowest BCUT2D eigenvalue weighted by Crippen LogP contribution is -2.59. The Morgan fingerprint density at radius 3 is 2.85 bits per heavy atom. The van der Waals surface area contributed by atoms with E-state index in [0.717, 1.165) is 0 Å². The summed E-state index contributed by atoms with van der Waals surface area (Å²) in [7, 11) is 0. The summed E-state index contributed by atoms with van der Waals surface area (Å²) in [6.45, 7) is 7.81. The van der Waals surface area contributed by atoms with E-state index in [2.05, 4.69) is 31.1 Å². The van der Waals surface area contributed by atoms with E-state index in [1.54, 1.807) is 12.5 Å². The van der Waals surface area contributed by atoms with E-state index in [-0.39, 0.29) is 17.4 Å². The third-order valence-corrected chi connectivity index (χ3v) is 3.81. The van der Waals surface area contributed by atoms with Crippen LogP contribution in [0.2, 0.25) is 0 Å². The molecule has 0 bridgehead atoms. The van der Waals surface area contributed by atoms with Crippen molar-refractivity contribution in [2.24, 2.45) is 11.1 Å². The summed E-state index contributed by atoms with van der Waals surface area (Å²) in [4.78, 5) is 16.4. The first-order valence-electron chi connectivity index (χ1n) is 6.95. The quantitative estimate of drug-likeness (QED) is 0.843. The number of nitrogens with zero attached hydrogens (tertiary/aromatic N) is 2. The lowest BCUT2D eigenvalue weighted by molar-refractivity contribution is -0.128. The van der Waals surface area contributed by atoms with Crippen molar-refractivity contribution in [3.8, 4) is 0 Å². The molecule has 6 nitrogen and oxygen atoms in total. The van der Waals surface area contributed by atoms with Crippen LogP contribution in [0, 0.1) is 5.41 Å². The first-order valence-corrected chi connectivity index (χ1v) is 6.95. The molecule has 1 aliphatic heterocycles. The van der Waals surface area contributed by atoms with Gasteiger partial charge >= 0.3 is 0 Å². The van der Waals surface area contributed by atoms with Gasteiger partial charge in [-0.25, -0.2) is 4.98 Å². The van der Waals surface area contributed by atoms with Crippen LogP contribution in [0.25, 0.3) is 0 Å². The Morgan fingerprint density at radius 2 is 2.35 bits per heavy atom. The third kappa shape index (κ3) is 3.37. The Hall–Kier alpha value is -1.40. The van der Waals surface area contributed by atoms with Crippen molar-refractivity contribution < 1.29 is 9.53 Å². The normalized spacial score (nSPS) is 24.6. The van der Waals surface area contributed by atoms with Gasteiger partial charge in [0.25, 0.3) is 0 Å². The molecular formula is C14H24N4O2. The minimum absolute atomic E-state index is 0.0229. The number of rotatable bonds is 4. The topological polar surface area (TPSA) is 82.2 Å². The molecular weight excluding hydrogens is 256 g/mol. The number of nitrogens with two attached hydrogens (primary N) is 1. The predicted octanol–water partition coefficient (Wildman–Crippen LogP) is 0.532. The number of aromatic nitrogens is 2. The van der Waals surface area contributed by atoms with Crippen molar-refractivity contribution in [3.05, 3.63) is 18.7 Å². The molecule has 2 unspecified atom stereocenters. The highest BCUT2D eigenvalue weighted by atomic mass is 16.5. The number of carbonyl (C=O) groups excluding carboxylic acids is 1. The molecule has 0 radical (unpaired) electrons. The van der Waals surface area contributed by atoms with E-state index >= 15 is 0 Å². The fourth-order valence-corrected chi connectivity index (χ4v) is 2.20. The van der Waals surface area contributed by atoms with Crippen molar-refractivity contribution in [1.29, 1.82) is 0 Å². The lowest BCUT2D eigenvalue weighted by atomic mass is 9.85. The fraction of sp³-hybridized carbons (Fsp3) is 0.714. The zero-order chi connectivity index (χ0) is 14.8. The molecule has 1 aromatic heterocycles. The van der Waals surface area contributed by atoms with E-state index in [1.165, 1.54) is 0 Å². The maximum atomic E-state index is 12.4. The van der Waals surface area contributed by atoms with Gasteiger partial charge in [0.1, 0.15) is 5.54 Å². The minimum Gasteiger partial charge on any atom is -0.379 e. The monoisotopic (exact) mass is 280 g/mol. The van der Waals surface area contributed by atoms with Crippen molar-refractivity contribution in [1.82, 2.24) is 14.9 Å². The van der Waals surface area contributed by atoms with E-state index in [0.29, 0.717) is 26.2 Å². The summed E-state index contributed by atoms with van der Waals surface area (Å²) in [5.41, 5.74) is 5.15. The molecule has 1 aliphatic rings. The molecule has 0 aliphatic carbocycles. The third-order valence-electron chi connectivity index (χ3n) is 3.81. The Balaban J connectivity index is 2.06. The van der Waals surface area contributed by atoms with E-state index in [4.69, 9.17) is 10.5 Å². The van der Waals surface area contributed by atoms with Crippen molar-refractivity contribution in [2.75, 3.05) is 13.2 Å². The highest BCUT2D eigenvalue weighted by molar-refractivity contribution is 5.86. The summed E-state index contributed by atoms with van der Waals surface area (Å²) in [6.07, 6.45) is 5.95. The van der Waals surface area contributed by atoms with Gasteiger partial charge in [0.2, 0.25) is 5.91 Å². The number of nitrogens with one attached hydrogen (secondary N) is 1. The summed E-state index contributed by atoms with van der Waals surface area (Å²) in [5, 5.41) is 3.09.